The van der Waals surface area contributed by atoms with Crippen LogP contribution in [0.5, 0.6) is 0 Å². The summed E-state index contributed by atoms with van der Waals surface area (Å²) in [6.45, 7) is 5.28. The molecule has 34 heavy (non-hydrogen) atoms. The third kappa shape index (κ3) is 4.64. The van der Waals surface area contributed by atoms with Gasteiger partial charge in [0.25, 0.3) is 0 Å². The summed E-state index contributed by atoms with van der Waals surface area (Å²) in [5.41, 5.74) is 6.31. The average molecular weight is 455 g/mol. The number of imidazole rings is 1. The van der Waals surface area contributed by atoms with Gasteiger partial charge in [-0.1, -0.05) is 6.07 Å². The zero-order valence-corrected chi connectivity index (χ0v) is 19.5. The smallest absolute Gasteiger partial charge is 0.132 e. The van der Waals surface area contributed by atoms with Gasteiger partial charge >= 0.3 is 0 Å². The van der Waals surface area contributed by atoms with Crippen LogP contribution in [0.1, 0.15) is 29.9 Å². The number of fused-ring (bicyclic) bond motifs is 1. The molecule has 0 spiro atoms. The highest BCUT2D eigenvalue weighted by Gasteiger charge is 2.27. The van der Waals surface area contributed by atoms with Gasteiger partial charge in [-0.15, -0.1) is 0 Å². The van der Waals surface area contributed by atoms with E-state index in [-0.39, 0.29) is 0 Å². The van der Waals surface area contributed by atoms with Gasteiger partial charge in [-0.05, 0) is 42.7 Å². The molecule has 1 saturated heterocycles. The van der Waals surface area contributed by atoms with Crippen molar-refractivity contribution in [3.63, 3.8) is 0 Å². The van der Waals surface area contributed by atoms with Gasteiger partial charge in [0.2, 0.25) is 0 Å². The van der Waals surface area contributed by atoms with Crippen molar-refractivity contribution in [2.24, 2.45) is 0 Å². The number of aromatic nitrogens is 5. The van der Waals surface area contributed by atoms with E-state index in [1.165, 1.54) is 18.4 Å². The van der Waals surface area contributed by atoms with Crippen molar-refractivity contribution in [2.45, 2.75) is 31.8 Å². The minimum Gasteiger partial charge on any atom is -0.357 e. The van der Waals surface area contributed by atoms with Crippen molar-refractivity contribution in [3.8, 4) is 11.3 Å². The molecule has 8 heteroatoms. The van der Waals surface area contributed by atoms with Crippen LogP contribution in [0, 0.1) is 0 Å². The van der Waals surface area contributed by atoms with E-state index in [4.69, 9.17) is 4.98 Å². The van der Waals surface area contributed by atoms with E-state index in [9.17, 15) is 0 Å². The molecule has 0 amide bonds. The Morgan fingerprint density at radius 3 is 2.76 bits per heavy atom. The molecule has 2 N–H and O–H groups in total. The quantitative estimate of drug-likeness (QED) is 0.444. The summed E-state index contributed by atoms with van der Waals surface area (Å²) in [6.07, 6.45) is 6.74. The Hall–Kier alpha value is -3.36. The van der Waals surface area contributed by atoms with E-state index in [1.807, 2.05) is 6.20 Å². The molecule has 0 unspecified atom stereocenters. The van der Waals surface area contributed by atoms with Crippen LogP contribution in [0.2, 0.25) is 0 Å². The van der Waals surface area contributed by atoms with E-state index >= 15 is 0 Å². The first-order valence-electron chi connectivity index (χ1n) is 12.1. The van der Waals surface area contributed by atoms with Crippen LogP contribution in [-0.2, 0) is 13.0 Å². The minimum absolute atomic E-state index is 0.615. The number of rotatable bonds is 7. The molecule has 4 heterocycles. The molecule has 8 nitrogen and oxygen atoms in total. The molecular weight excluding hydrogens is 424 g/mol. The number of nitrogens with one attached hydrogen (secondary N) is 2. The van der Waals surface area contributed by atoms with Crippen LogP contribution in [0.3, 0.4) is 0 Å². The van der Waals surface area contributed by atoms with Crippen molar-refractivity contribution >= 4 is 16.9 Å². The molecule has 1 saturated carbocycles. The zero-order chi connectivity index (χ0) is 22.9. The molecule has 1 aliphatic heterocycles. The molecule has 2 fully saturated rings. The average Bonchev–Trinajstić information content (AvgIpc) is 3.64. The Kier molecular flexibility index (Phi) is 5.68. The molecule has 174 valence electrons. The number of hydrogen-bond acceptors (Lipinski definition) is 7. The Morgan fingerprint density at radius 1 is 1.03 bits per heavy atom. The lowest BCUT2D eigenvalue weighted by Gasteiger charge is -2.27. The summed E-state index contributed by atoms with van der Waals surface area (Å²) < 4.78 is 0. The maximum Gasteiger partial charge on any atom is 0.132 e. The highest BCUT2D eigenvalue weighted by atomic mass is 15.2. The number of pyridine rings is 1. The summed E-state index contributed by atoms with van der Waals surface area (Å²) in [5, 5.41) is 3.41. The Bertz CT molecular complexity index is 1290. The summed E-state index contributed by atoms with van der Waals surface area (Å²) in [6, 6.07) is 13.3. The Morgan fingerprint density at radius 2 is 1.91 bits per heavy atom. The molecule has 3 aromatic heterocycles. The lowest BCUT2D eigenvalue weighted by molar-refractivity contribution is 0.233. The van der Waals surface area contributed by atoms with Crippen LogP contribution in [0.15, 0.2) is 48.9 Å². The summed E-state index contributed by atoms with van der Waals surface area (Å²) >= 11 is 0. The van der Waals surface area contributed by atoms with Gasteiger partial charge in [0.05, 0.1) is 16.7 Å². The van der Waals surface area contributed by atoms with Crippen LogP contribution < -0.4 is 10.2 Å². The number of hydrogen-bond donors (Lipinski definition) is 2. The maximum absolute atomic E-state index is 4.81. The normalized spacial score (nSPS) is 16.7. The standard InChI is InChI=1S/C26H30N8/c1-33(21-3-4-21)26-15-23(29-17-30-26)19-2-5-22-24(13-19)32-25(31-22)14-20-12-18(6-7-28-20)16-34-10-8-27-9-11-34/h2,5-7,12-13,15,17,21,27H,3-4,8-11,14,16H2,1H3,(H,31,32). The van der Waals surface area contributed by atoms with Crippen molar-refractivity contribution in [1.82, 2.24) is 35.1 Å². The number of piperazine rings is 1. The van der Waals surface area contributed by atoms with Crippen LogP contribution in [0.4, 0.5) is 5.82 Å². The second kappa shape index (κ2) is 9.12. The summed E-state index contributed by atoms with van der Waals surface area (Å²) in [7, 11) is 2.11. The van der Waals surface area contributed by atoms with E-state index < -0.39 is 0 Å². The number of anilines is 1. The number of aromatic amines is 1. The fourth-order valence-corrected chi connectivity index (χ4v) is 4.67. The fraction of sp³-hybridized carbons (Fsp3) is 0.385. The summed E-state index contributed by atoms with van der Waals surface area (Å²) in [5.74, 6) is 1.90. The first kappa shape index (κ1) is 21.2. The van der Waals surface area contributed by atoms with Crippen molar-refractivity contribution < 1.29 is 0 Å². The lowest BCUT2D eigenvalue weighted by atomic mass is 10.1. The van der Waals surface area contributed by atoms with Crippen molar-refractivity contribution in [2.75, 3.05) is 38.1 Å². The molecular formula is C26H30N8. The Labute approximate surface area is 199 Å². The van der Waals surface area contributed by atoms with Crippen LogP contribution in [-0.4, -0.2) is 69.1 Å². The minimum atomic E-state index is 0.615. The molecule has 2 aliphatic rings. The topological polar surface area (TPSA) is 85.9 Å². The Balaban J connectivity index is 1.20. The number of benzene rings is 1. The van der Waals surface area contributed by atoms with Gasteiger partial charge in [0, 0.05) is 75.8 Å². The monoisotopic (exact) mass is 454 g/mol. The van der Waals surface area contributed by atoms with E-state index in [0.717, 1.165) is 72.4 Å². The van der Waals surface area contributed by atoms with Gasteiger partial charge in [0.15, 0.2) is 0 Å². The van der Waals surface area contributed by atoms with Gasteiger partial charge in [-0.2, -0.15) is 0 Å². The van der Waals surface area contributed by atoms with Gasteiger partial charge in [-0.25, -0.2) is 15.0 Å². The molecule has 6 rings (SSSR count). The van der Waals surface area contributed by atoms with Crippen molar-refractivity contribution in [1.29, 1.82) is 0 Å². The SMILES string of the molecule is CN(c1cc(-c2ccc3nc(Cc4cc(CN5CCNCC5)ccn4)[nH]c3c2)ncn1)C1CC1. The summed E-state index contributed by atoms with van der Waals surface area (Å²) in [4.78, 5) is 26.6. The predicted molar refractivity (Wildman–Crippen MR) is 134 cm³/mol. The molecule has 0 atom stereocenters. The lowest BCUT2D eigenvalue weighted by Crippen LogP contribution is -2.42. The third-order valence-corrected chi connectivity index (χ3v) is 6.78. The molecule has 1 aliphatic carbocycles. The van der Waals surface area contributed by atoms with Gasteiger partial charge in [-0.3, -0.25) is 9.88 Å². The number of nitrogens with zero attached hydrogens (tertiary/aromatic N) is 6. The molecule has 0 bridgehead atoms. The zero-order valence-electron chi connectivity index (χ0n) is 19.5. The second-order valence-corrected chi connectivity index (χ2v) is 9.38. The molecule has 0 radical (unpaired) electrons. The fourth-order valence-electron chi connectivity index (χ4n) is 4.67. The predicted octanol–water partition coefficient (Wildman–Crippen LogP) is 3.01. The van der Waals surface area contributed by atoms with Crippen LogP contribution in [0.25, 0.3) is 22.3 Å². The largest absolute Gasteiger partial charge is 0.357 e. The van der Waals surface area contributed by atoms with E-state index in [0.29, 0.717) is 12.5 Å². The first-order valence-corrected chi connectivity index (χ1v) is 12.1. The molecule has 4 aromatic rings. The van der Waals surface area contributed by atoms with E-state index in [1.54, 1.807) is 6.33 Å². The first-order chi connectivity index (χ1) is 16.7. The van der Waals surface area contributed by atoms with Crippen LogP contribution >= 0.6 is 0 Å². The second-order valence-electron chi connectivity index (χ2n) is 9.38. The molecule has 1 aromatic carbocycles. The van der Waals surface area contributed by atoms with Gasteiger partial charge in [0.1, 0.15) is 18.0 Å². The van der Waals surface area contributed by atoms with E-state index in [2.05, 4.69) is 78.5 Å². The van der Waals surface area contributed by atoms with Gasteiger partial charge < -0.3 is 15.2 Å². The highest BCUT2D eigenvalue weighted by molar-refractivity contribution is 5.81. The maximum atomic E-state index is 4.81. The highest BCUT2D eigenvalue weighted by Crippen LogP contribution is 2.31. The number of H-pyrrole nitrogens is 1. The third-order valence-electron chi connectivity index (χ3n) is 6.78. The van der Waals surface area contributed by atoms with Crippen molar-refractivity contribution in [3.05, 3.63) is 66.0 Å².